The molecule has 2 saturated heterocycles. The third kappa shape index (κ3) is 3.91. The molecule has 3 rings (SSSR count). The summed E-state index contributed by atoms with van der Waals surface area (Å²) < 4.78 is 11.0. The molecule has 2 fully saturated rings. The van der Waals surface area contributed by atoms with Crippen LogP contribution in [0.1, 0.15) is 23.4 Å². The Balaban J connectivity index is 1.64. The Morgan fingerprint density at radius 2 is 2.26 bits per heavy atom. The molecule has 2 atom stereocenters. The van der Waals surface area contributed by atoms with Crippen LogP contribution < -0.4 is 0 Å². The summed E-state index contributed by atoms with van der Waals surface area (Å²) in [7, 11) is 1.68. The van der Waals surface area contributed by atoms with E-state index in [2.05, 4.69) is 16.8 Å². The maximum Gasteiger partial charge on any atom is 0.249 e. The zero-order valence-electron chi connectivity index (χ0n) is 13.9. The first-order valence-corrected chi connectivity index (χ1v) is 9.08. The van der Waals surface area contributed by atoms with Crippen molar-refractivity contribution >= 4 is 17.2 Å². The first kappa shape index (κ1) is 16.8. The minimum Gasteiger partial charge on any atom is -0.383 e. The highest BCUT2D eigenvalue weighted by Gasteiger charge is 2.38. The lowest BCUT2D eigenvalue weighted by molar-refractivity contribution is -0.158. The maximum absolute atomic E-state index is 12.2. The molecule has 2 aliphatic heterocycles. The molecule has 2 aliphatic rings. The molecule has 6 nitrogen and oxygen atoms in total. The molecule has 1 aromatic heterocycles. The molecule has 3 heterocycles. The van der Waals surface area contributed by atoms with E-state index in [9.17, 15) is 4.79 Å². The molecule has 0 spiro atoms. The van der Waals surface area contributed by atoms with E-state index >= 15 is 0 Å². The second kappa shape index (κ2) is 7.70. The van der Waals surface area contributed by atoms with Crippen molar-refractivity contribution in [2.45, 2.75) is 38.5 Å². The van der Waals surface area contributed by atoms with Crippen LogP contribution >= 0.6 is 11.3 Å². The van der Waals surface area contributed by atoms with Crippen LogP contribution in [0.3, 0.4) is 0 Å². The highest BCUT2D eigenvalue weighted by atomic mass is 32.1. The molecule has 0 radical (unpaired) electrons. The van der Waals surface area contributed by atoms with E-state index in [4.69, 9.17) is 9.47 Å². The second-order valence-corrected chi connectivity index (χ2v) is 7.15. The number of nitrogens with zero attached hydrogens (tertiary/aromatic N) is 3. The predicted octanol–water partition coefficient (Wildman–Crippen LogP) is 1.29. The lowest BCUT2D eigenvalue weighted by Gasteiger charge is -2.40. The highest BCUT2D eigenvalue weighted by molar-refractivity contribution is 7.09. The highest BCUT2D eigenvalue weighted by Crippen LogP contribution is 2.26. The average molecular weight is 339 g/mol. The maximum atomic E-state index is 12.2. The molecule has 7 heteroatoms. The number of carbonyl (C=O) groups excluding carboxylic acids is 1. The van der Waals surface area contributed by atoms with E-state index in [1.165, 1.54) is 4.88 Å². The van der Waals surface area contributed by atoms with Crippen molar-refractivity contribution in [3.8, 4) is 0 Å². The number of aromatic nitrogens is 1. The summed E-state index contributed by atoms with van der Waals surface area (Å²) in [4.78, 5) is 22.3. The second-order valence-electron chi connectivity index (χ2n) is 6.21. The number of aryl methyl sites for hydroxylation is 1. The number of ether oxygens (including phenoxy) is 2. The van der Waals surface area contributed by atoms with E-state index in [0.29, 0.717) is 13.2 Å². The molecule has 0 unspecified atom stereocenters. The average Bonchev–Trinajstić information content (AvgIpc) is 2.83. The van der Waals surface area contributed by atoms with Gasteiger partial charge >= 0.3 is 0 Å². The summed E-state index contributed by atoms with van der Waals surface area (Å²) in [5, 5.41) is 0. The molecule has 0 aliphatic carbocycles. The molecule has 0 N–H and O–H groups in total. The van der Waals surface area contributed by atoms with Gasteiger partial charge in [-0.3, -0.25) is 9.69 Å². The van der Waals surface area contributed by atoms with Gasteiger partial charge in [-0.25, -0.2) is 4.98 Å². The summed E-state index contributed by atoms with van der Waals surface area (Å²) in [6.45, 7) is 6.45. The Hall–Kier alpha value is -1.02. The normalized spacial score (nSPS) is 26.2. The topological polar surface area (TPSA) is 54.9 Å². The zero-order valence-corrected chi connectivity index (χ0v) is 14.7. The summed E-state index contributed by atoms with van der Waals surface area (Å²) in [5.41, 5.74) is 3.04. The fourth-order valence-corrected chi connectivity index (χ4v) is 4.25. The van der Waals surface area contributed by atoms with Gasteiger partial charge in [0.05, 0.1) is 30.0 Å². The van der Waals surface area contributed by atoms with Crippen LogP contribution in [0, 0.1) is 6.92 Å². The summed E-state index contributed by atoms with van der Waals surface area (Å²) >= 11 is 1.72. The van der Waals surface area contributed by atoms with Crippen molar-refractivity contribution < 1.29 is 14.3 Å². The summed E-state index contributed by atoms with van der Waals surface area (Å²) in [5.74, 6) is 0.0926. The van der Waals surface area contributed by atoms with Crippen molar-refractivity contribution in [2.75, 3.05) is 40.0 Å². The number of hydrogen-bond donors (Lipinski definition) is 0. The first-order chi connectivity index (χ1) is 11.2. The molecule has 0 bridgehead atoms. The van der Waals surface area contributed by atoms with E-state index < -0.39 is 0 Å². The van der Waals surface area contributed by atoms with E-state index in [1.54, 1.807) is 18.4 Å². The molecule has 0 saturated carbocycles. The number of thiazole rings is 1. The summed E-state index contributed by atoms with van der Waals surface area (Å²) in [6, 6.07) is 0.180. The number of methoxy groups -OCH3 is 1. The van der Waals surface area contributed by atoms with Crippen molar-refractivity contribution in [1.82, 2.24) is 14.8 Å². The molecular formula is C16H25N3O3S. The lowest BCUT2D eigenvalue weighted by Crippen LogP contribution is -2.55. The minimum absolute atomic E-state index is 0.0926. The largest absolute Gasteiger partial charge is 0.383 e. The fourth-order valence-electron chi connectivity index (χ4n) is 3.43. The van der Waals surface area contributed by atoms with Crippen LogP contribution in [-0.4, -0.2) is 72.8 Å². The van der Waals surface area contributed by atoms with Gasteiger partial charge in [0.15, 0.2) is 0 Å². The van der Waals surface area contributed by atoms with Crippen molar-refractivity contribution in [1.29, 1.82) is 0 Å². The Labute approximate surface area is 141 Å². The first-order valence-electron chi connectivity index (χ1n) is 8.20. The third-order valence-electron chi connectivity index (χ3n) is 4.79. The van der Waals surface area contributed by atoms with Crippen LogP contribution in [0.15, 0.2) is 5.51 Å². The van der Waals surface area contributed by atoms with Crippen LogP contribution in [0.5, 0.6) is 0 Å². The summed E-state index contributed by atoms with van der Waals surface area (Å²) in [6.07, 6.45) is 2.08. The molecule has 128 valence electrons. The number of carbonyl (C=O) groups is 1. The number of amides is 1. The SMILES string of the molecule is COCCN1C(=O)CO[C@H]2CCN(Cc3scnc3C)CC[C@@H]21. The fraction of sp³-hybridized carbons (Fsp3) is 0.750. The molecule has 1 amide bonds. The minimum atomic E-state index is 0.0926. The van der Waals surface area contributed by atoms with Crippen LogP contribution in [0.25, 0.3) is 0 Å². The van der Waals surface area contributed by atoms with Gasteiger partial charge in [0.25, 0.3) is 0 Å². The van der Waals surface area contributed by atoms with Crippen LogP contribution in [0.4, 0.5) is 0 Å². The third-order valence-corrected chi connectivity index (χ3v) is 5.71. The van der Waals surface area contributed by atoms with Crippen molar-refractivity contribution in [2.24, 2.45) is 0 Å². The molecular weight excluding hydrogens is 314 g/mol. The quantitative estimate of drug-likeness (QED) is 0.809. The lowest BCUT2D eigenvalue weighted by atomic mass is 10.0. The van der Waals surface area contributed by atoms with Gasteiger partial charge in [0.2, 0.25) is 5.91 Å². The van der Waals surface area contributed by atoms with E-state index in [-0.39, 0.29) is 24.7 Å². The van der Waals surface area contributed by atoms with E-state index in [1.807, 2.05) is 10.4 Å². The Morgan fingerprint density at radius 3 is 3.00 bits per heavy atom. The Kier molecular flexibility index (Phi) is 5.63. The van der Waals surface area contributed by atoms with Gasteiger partial charge in [-0.05, 0) is 19.8 Å². The Morgan fingerprint density at radius 1 is 1.43 bits per heavy atom. The predicted molar refractivity (Wildman–Crippen MR) is 88.5 cm³/mol. The van der Waals surface area contributed by atoms with Gasteiger partial charge < -0.3 is 14.4 Å². The van der Waals surface area contributed by atoms with Crippen LogP contribution in [0.2, 0.25) is 0 Å². The number of hydrogen-bond acceptors (Lipinski definition) is 6. The van der Waals surface area contributed by atoms with Gasteiger partial charge in [0.1, 0.15) is 6.61 Å². The molecule has 23 heavy (non-hydrogen) atoms. The van der Waals surface area contributed by atoms with E-state index in [0.717, 1.165) is 38.2 Å². The van der Waals surface area contributed by atoms with Gasteiger partial charge in [-0.15, -0.1) is 11.3 Å². The molecule has 0 aromatic carbocycles. The number of rotatable bonds is 5. The van der Waals surface area contributed by atoms with Crippen LogP contribution in [-0.2, 0) is 20.8 Å². The van der Waals surface area contributed by atoms with Gasteiger partial charge in [-0.1, -0.05) is 0 Å². The standard InChI is InChI=1S/C16H25N3O3S/c1-12-15(23-11-17-12)9-18-5-3-13-14(4-6-18)22-10-16(20)19(13)7-8-21-2/h11,13-14H,3-10H2,1-2H3/t13-,14-/m0/s1. The van der Waals surface area contributed by atoms with Crippen molar-refractivity contribution in [3.63, 3.8) is 0 Å². The Bertz CT molecular complexity index is 536. The number of morpholine rings is 1. The zero-order chi connectivity index (χ0) is 16.2. The monoisotopic (exact) mass is 339 g/mol. The number of fused-ring (bicyclic) bond motifs is 1. The molecule has 1 aromatic rings. The van der Waals surface area contributed by atoms with Crippen molar-refractivity contribution in [3.05, 3.63) is 16.1 Å². The smallest absolute Gasteiger partial charge is 0.249 e. The number of likely N-dealkylation sites (tertiary alicyclic amines) is 1. The van der Waals surface area contributed by atoms with Gasteiger partial charge in [0, 0.05) is 38.2 Å². The van der Waals surface area contributed by atoms with Gasteiger partial charge in [-0.2, -0.15) is 0 Å².